The second-order valence-electron chi connectivity index (χ2n) is 7.23. The van der Waals surface area contributed by atoms with Gasteiger partial charge in [0.05, 0.1) is 19.9 Å². The lowest BCUT2D eigenvalue weighted by Crippen LogP contribution is -2.52. The molecule has 1 N–H and O–H groups in total. The van der Waals surface area contributed by atoms with Gasteiger partial charge in [-0.3, -0.25) is 4.99 Å². The van der Waals surface area contributed by atoms with Crippen LogP contribution in [0.15, 0.2) is 47.5 Å². The summed E-state index contributed by atoms with van der Waals surface area (Å²) in [5.41, 5.74) is 1.96. The maximum atomic E-state index is 12.6. The molecule has 1 fully saturated rings. The molecule has 33 heavy (non-hydrogen) atoms. The molecule has 1 heterocycles. The highest BCUT2D eigenvalue weighted by Gasteiger charge is 2.21. The fraction of sp³-hybridized carbons (Fsp3) is 0.435. The molecular formula is C23H31F2IN4O3. The molecule has 3 rings (SSSR count). The first-order chi connectivity index (χ1) is 15.5. The van der Waals surface area contributed by atoms with Gasteiger partial charge in [0, 0.05) is 39.8 Å². The van der Waals surface area contributed by atoms with Crippen molar-refractivity contribution in [1.29, 1.82) is 0 Å². The Hall–Kier alpha value is -2.50. The molecule has 0 aliphatic carbocycles. The van der Waals surface area contributed by atoms with Crippen LogP contribution in [0.4, 0.5) is 14.5 Å². The summed E-state index contributed by atoms with van der Waals surface area (Å²) in [5.74, 6) is 2.02. The predicted molar refractivity (Wildman–Crippen MR) is 137 cm³/mol. The van der Waals surface area contributed by atoms with Gasteiger partial charge in [-0.1, -0.05) is 18.2 Å². The quantitative estimate of drug-likeness (QED) is 0.293. The molecule has 1 aliphatic rings. The molecule has 0 unspecified atom stereocenters. The highest BCUT2D eigenvalue weighted by molar-refractivity contribution is 14.0. The summed E-state index contributed by atoms with van der Waals surface area (Å²) in [7, 11) is 4.87. The standard InChI is InChI=1S/C23H30F2N4O3.HI/c1-26-23(27-11-10-17-8-9-20(31-3)21(16-17)32-22(24)25)29-14-12-28(13-15-29)18-6-4-5-7-19(18)30-2;/h4-9,16,22H,10-15H2,1-3H3,(H,26,27);1H. The van der Waals surface area contributed by atoms with E-state index in [4.69, 9.17) is 9.47 Å². The zero-order valence-corrected chi connectivity index (χ0v) is 21.4. The van der Waals surface area contributed by atoms with Gasteiger partial charge in [0.25, 0.3) is 0 Å². The largest absolute Gasteiger partial charge is 0.495 e. The fourth-order valence-corrected chi connectivity index (χ4v) is 3.77. The van der Waals surface area contributed by atoms with Crippen LogP contribution in [0, 0.1) is 0 Å². The molecule has 1 aliphatic heterocycles. The number of piperazine rings is 1. The number of hydrogen-bond donors (Lipinski definition) is 1. The molecule has 0 aromatic heterocycles. The summed E-state index contributed by atoms with van der Waals surface area (Å²) in [5, 5.41) is 3.37. The number of rotatable bonds is 8. The van der Waals surface area contributed by atoms with Crippen molar-refractivity contribution < 1.29 is 23.0 Å². The van der Waals surface area contributed by atoms with Gasteiger partial charge in [-0.15, -0.1) is 24.0 Å². The summed E-state index contributed by atoms with van der Waals surface area (Å²) >= 11 is 0. The van der Waals surface area contributed by atoms with Gasteiger partial charge >= 0.3 is 6.61 Å². The second-order valence-corrected chi connectivity index (χ2v) is 7.23. The summed E-state index contributed by atoms with van der Waals surface area (Å²) in [4.78, 5) is 8.93. The highest BCUT2D eigenvalue weighted by Crippen LogP contribution is 2.30. The van der Waals surface area contributed by atoms with E-state index in [0.717, 1.165) is 49.1 Å². The number of para-hydroxylation sites is 2. The van der Waals surface area contributed by atoms with Crippen molar-refractivity contribution in [3.63, 3.8) is 0 Å². The average Bonchev–Trinajstić information content (AvgIpc) is 2.82. The number of halogens is 3. The van der Waals surface area contributed by atoms with Crippen LogP contribution in [-0.2, 0) is 6.42 Å². The van der Waals surface area contributed by atoms with E-state index in [-0.39, 0.29) is 35.5 Å². The molecule has 1 saturated heterocycles. The third-order valence-corrected chi connectivity index (χ3v) is 5.36. The van der Waals surface area contributed by atoms with Crippen molar-refractivity contribution in [2.75, 3.05) is 58.9 Å². The zero-order chi connectivity index (χ0) is 22.9. The number of anilines is 1. The average molecular weight is 576 g/mol. The first-order valence-corrected chi connectivity index (χ1v) is 10.5. The summed E-state index contributed by atoms with van der Waals surface area (Å²) in [6.45, 7) is 1.08. The van der Waals surface area contributed by atoms with Crippen molar-refractivity contribution in [3.8, 4) is 17.2 Å². The third kappa shape index (κ3) is 7.24. The first kappa shape index (κ1) is 26.7. The number of nitrogens with one attached hydrogen (secondary N) is 1. The molecule has 0 amide bonds. The topological polar surface area (TPSA) is 58.6 Å². The van der Waals surface area contributed by atoms with E-state index in [2.05, 4.69) is 30.9 Å². The molecule has 0 saturated carbocycles. The maximum Gasteiger partial charge on any atom is 0.387 e. The Morgan fingerprint density at radius 2 is 1.70 bits per heavy atom. The smallest absolute Gasteiger partial charge is 0.387 e. The molecular weight excluding hydrogens is 545 g/mol. The minimum Gasteiger partial charge on any atom is -0.495 e. The summed E-state index contributed by atoms with van der Waals surface area (Å²) < 4.78 is 40.4. The third-order valence-electron chi connectivity index (χ3n) is 5.36. The van der Waals surface area contributed by atoms with E-state index < -0.39 is 6.61 Å². The van der Waals surface area contributed by atoms with E-state index in [1.807, 2.05) is 24.3 Å². The molecule has 0 atom stereocenters. The number of methoxy groups -OCH3 is 2. The number of aliphatic imine (C=N–C) groups is 1. The van der Waals surface area contributed by atoms with Crippen LogP contribution in [0.3, 0.4) is 0 Å². The van der Waals surface area contributed by atoms with E-state index in [1.165, 1.54) is 7.11 Å². The van der Waals surface area contributed by atoms with E-state index in [1.54, 1.807) is 26.3 Å². The lowest BCUT2D eigenvalue weighted by atomic mass is 10.1. The number of alkyl halides is 2. The number of benzene rings is 2. The second kappa shape index (κ2) is 13.3. The van der Waals surface area contributed by atoms with Crippen molar-refractivity contribution in [3.05, 3.63) is 48.0 Å². The number of hydrogen-bond acceptors (Lipinski definition) is 5. The minimum absolute atomic E-state index is 0. The molecule has 2 aromatic rings. The molecule has 2 aromatic carbocycles. The molecule has 0 radical (unpaired) electrons. The Balaban J connectivity index is 0.00000385. The number of guanidine groups is 1. The van der Waals surface area contributed by atoms with Gasteiger partial charge in [0.2, 0.25) is 0 Å². The Bertz CT molecular complexity index is 909. The Morgan fingerprint density at radius 3 is 2.33 bits per heavy atom. The van der Waals surface area contributed by atoms with E-state index in [9.17, 15) is 8.78 Å². The Kier molecular flexibility index (Phi) is 10.8. The molecule has 182 valence electrons. The molecule has 10 heteroatoms. The number of nitrogens with zero attached hydrogens (tertiary/aromatic N) is 3. The van der Waals surface area contributed by atoms with Crippen LogP contribution >= 0.6 is 24.0 Å². The van der Waals surface area contributed by atoms with Gasteiger partial charge in [-0.2, -0.15) is 8.78 Å². The lowest BCUT2D eigenvalue weighted by Gasteiger charge is -2.38. The molecule has 0 spiro atoms. The molecule has 0 bridgehead atoms. The van der Waals surface area contributed by atoms with Crippen LogP contribution in [0.5, 0.6) is 17.2 Å². The van der Waals surface area contributed by atoms with E-state index >= 15 is 0 Å². The number of ether oxygens (including phenoxy) is 3. The molecule has 7 nitrogen and oxygen atoms in total. The van der Waals surface area contributed by atoms with Gasteiger partial charge < -0.3 is 29.3 Å². The van der Waals surface area contributed by atoms with Crippen LogP contribution < -0.4 is 24.4 Å². The fourth-order valence-electron chi connectivity index (χ4n) is 3.77. The maximum absolute atomic E-state index is 12.6. The van der Waals surface area contributed by atoms with Gasteiger partial charge in [-0.05, 0) is 36.2 Å². The van der Waals surface area contributed by atoms with Crippen molar-refractivity contribution in [1.82, 2.24) is 10.2 Å². The predicted octanol–water partition coefficient (Wildman–Crippen LogP) is 3.86. The van der Waals surface area contributed by atoms with Crippen molar-refractivity contribution >= 4 is 35.6 Å². The SMILES string of the molecule is CN=C(NCCc1ccc(OC)c(OC(F)F)c1)N1CCN(c2ccccc2OC)CC1.I. The summed E-state index contributed by atoms with van der Waals surface area (Å²) in [6, 6.07) is 13.1. The van der Waals surface area contributed by atoms with Crippen LogP contribution in [0.25, 0.3) is 0 Å². The van der Waals surface area contributed by atoms with Crippen LogP contribution in [0.1, 0.15) is 5.56 Å². The van der Waals surface area contributed by atoms with Gasteiger partial charge in [0.1, 0.15) is 5.75 Å². The summed E-state index contributed by atoms with van der Waals surface area (Å²) in [6.07, 6.45) is 0.629. The highest BCUT2D eigenvalue weighted by atomic mass is 127. The van der Waals surface area contributed by atoms with Gasteiger partial charge in [-0.25, -0.2) is 0 Å². The Morgan fingerprint density at radius 1 is 1.00 bits per heavy atom. The van der Waals surface area contributed by atoms with Crippen LogP contribution in [-0.4, -0.2) is 71.5 Å². The minimum atomic E-state index is -2.90. The van der Waals surface area contributed by atoms with Crippen molar-refractivity contribution in [2.45, 2.75) is 13.0 Å². The van der Waals surface area contributed by atoms with Crippen molar-refractivity contribution in [2.24, 2.45) is 4.99 Å². The van der Waals surface area contributed by atoms with Crippen LogP contribution in [0.2, 0.25) is 0 Å². The van der Waals surface area contributed by atoms with Gasteiger partial charge in [0.15, 0.2) is 17.5 Å². The Labute approximate surface area is 210 Å². The first-order valence-electron chi connectivity index (χ1n) is 10.5. The monoisotopic (exact) mass is 576 g/mol. The van der Waals surface area contributed by atoms with E-state index in [0.29, 0.717) is 13.0 Å². The lowest BCUT2D eigenvalue weighted by molar-refractivity contribution is -0.0512. The zero-order valence-electron chi connectivity index (χ0n) is 19.1. The normalized spacial score (nSPS) is 14.1.